The third kappa shape index (κ3) is 4.66. The maximum absolute atomic E-state index is 16.4. The summed E-state index contributed by atoms with van der Waals surface area (Å²) in [6.07, 6.45) is 0.0730. The van der Waals surface area contributed by atoms with Crippen molar-refractivity contribution in [3.05, 3.63) is 87.6 Å². The Morgan fingerprint density at radius 3 is 2.51 bits per heavy atom. The summed E-state index contributed by atoms with van der Waals surface area (Å²) in [5, 5.41) is 34.0. The molecule has 43 heavy (non-hydrogen) atoms. The van der Waals surface area contributed by atoms with Gasteiger partial charge in [0.25, 0.3) is 5.92 Å². The number of thiazole rings is 1. The van der Waals surface area contributed by atoms with Crippen molar-refractivity contribution in [2.45, 2.75) is 48.8 Å². The topological polar surface area (TPSA) is 132 Å². The van der Waals surface area contributed by atoms with Crippen LogP contribution < -0.4 is 4.74 Å². The Bertz CT molecular complexity index is 1630. The van der Waals surface area contributed by atoms with E-state index in [1.165, 1.54) is 12.5 Å². The third-order valence-electron chi connectivity index (χ3n) is 8.45. The standard InChI is InChI=1S/C28H25F4N5O5S/c1-41-24(39)21-10-43-23(34-21)22(38)9-42-18-5-2-16(3-6-18)25-11-26(12-25,13-25)28(31,32)27(40,14-37-15-33-35-36-37)19-7-4-17(29)8-20(19)30/h2-8,10,15,22,38,40H,9,11-14H2,1H3. The van der Waals surface area contributed by atoms with Gasteiger partial charge in [-0.1, -0.05) is 12.1 Å². The highest BCUT2D eigenvalue weighted by Crippen LogP contribution is 2.80. The number of hydrogen-bond acceptors (Lipinski definition) is 10. The number of rotatable bonds is 11. The fourth-order valence-electron chi connectivity index (χ4n) is 6.32. The summed E-state index contributed by atoms with van der Waals surface area (Å²) < 4.78 is 72.3. The average molecular weight is 620 g/mol. The molecule has 2 aromatic carbocycles. The predicted octanol–water partition coefficient (Wildman–Crippen LogP) is 3.95. The summed E-state index contributed by atoms with van der Waals surface area (Å²) in [5.74, 6) is -6.26. The van der Waals surface area contributed by atoms with Gasteiger partial charge in [0.05, 0.1) is 13.7 Å². The van der Waals surface area contributed by atoms with E-state index in [1.807, 2.05) is 0 Å². The number of aliphatic hydroxyl groups is 2. The van der Waals surface area contributed by atoms with Crippen molar-refractivity contribution < 1.29 is 42.0 Å². The van der Waals surface area contributed by atoms with Gasteiger partial charge in [-0.15, -0.1) is 16.4 Å². The van der Waals surface area contributed by atoms with E-state index >= 15 is 8.78 Å². The molecule has 3 saturated carbocycles. The highest BCUT2D eigenvalue weighted by atomic mass is 32.1. The van der Waals surface area contributed by atoms with E-state index in [9.17, 15) is 23.8 Å². The molecule has 2 N–H and O–H groups in total. The van der Waals surface area contributed by atoms with Crippen molar-refractivity contribution in [1.29, 1.82) is 0 Å². The molecule has 2 aromatic heterocycles. The van der Waals surface area contributed by atoms with E-state index in [4.69, 9.17) is 4.74 Å². The van der Waals surface area contributed by atoms with Gasteiger partial charge in [0.2, 0.25) is 0 Å². The van der Waals surface area contributed by atoms with E-state index in [-0.39, 0.29) is 36.6 Å². The van der Waals surface area contributed by atoms with Gasteiger partial charge in [-0.05, 0) is 64.9 Å². The van der Waals surface area contributed by atoms with Crippen molar-refractivity contribution in [2.75, 3.05) is 13.7 Å². The quantitative estimate of drug-likeness (QED) is 0.189. The zero-order chi connectivity index (χ0) is 30.6. The molecule has 0 spiro atoms. The zero-order valence-electron chi connectivity index (χ0n) is 22.6. The van der Waals surface area contributed by atoms with Crippen LogP contribution in [0.3, 0.4) is 0 Å². The number of hydrogen-bond donors (Lipinski definition) is 2. The number of alkyl halides is 2. The number of methoxy groups -OCH3 is 1. The van der Waals surface area contributed by atoms with Gasteiger partial charge in [-0.25, -0.2) is 32.0 Å². The lowest BCUT2D eigenvalue weighted by atomic mass is 9.30. The van der Waals surface area contributed by atoms with Crippen molar-refractivity contribution in [3.63, 3.8) is 0 Å². The third-order valence-corrected chi connectivity index (χ3v) is 9.40. The van der Waals surface area contributed by atoms with Crippen LogP contribution in [0.25, 0.3) is 0 Å². The molecule has 2 bridgehead atoms. The number of carbonyl (C=O) groups is 1. The number of carbonyl (C=O) groups excluding carboxylic acids is 1. The smallest absolute Gasteiger partial charge is 0.357 e. The fraction of sp³-hybridized carbons (Fsp3) is 0.393. The van der Waals surface area contributed by atoms with Crippen molar-refractivity contribution in [3.8, 4) is 5.75 Å². The minimum Gasteiger partial charge on any atom is -0.490 e. The average Bonchev–Trinajstić information content (AvgIpc) is 3.63. The Morgan fingerprint density at radius 2 is 1.88 bits per heavy atom. The molecule has 0 amide bonds. The number of nitrogens with zero attached hydrogens (tertiary/aromatic N) is 5. The molecule has 3 aliphatic rings. The van der Waals surface area contributed by atoms with Crippen molar-refractivity contribution >= 4 is 17.3 Å². The van der Waals surface area contributed by atoms with E-state index in [0.717, 1.165) is 40.0 Å². The summed E-state index contributed by atoms with van der Waals surface area (Å²) in [7, 11) is 1.23. The normalized spacial score (nSPS) is 23.0. The molecule has 3 fully saturated rings. The van der Waals surface area contributed by atoms with Crippen molar-refractivity contribution in [1.82, 2.24) is 25.2 Å². The minimum atomic E-state index is -3.82. The second kappa shape index (κ2) is 10.3. The van der Waals surface area contributed by atoms with Crippen LogP contribution in [0.1, 0.15) is 52.0 Å². The van der Waals surface area contributed by atoms with Crippen LogP contribution in [0, 0.1) is 17.0 Å². The molecule has 2 unspecified atom stereocenters. The number of esters is 1. The monoisotopic (exact) mass is 619 g/mol. The van der Waals surface area contributed by atoms with Gasteiger partial charge >= 0.3 is 5.97 Å². The lowest BCUT2D eigenvalue weighted by Crippen LogP contribution is -2.76. The van der Waals surface area contributed by atoms with Crippen LogP contribution in [0.5, 0.6) is 5.75 Å². The van der Waals surface area contributed by atoms with Gasteiger partial charge in [-0.3, -0.25) is 0 Å². The van der Waals surface area contributed by atoms with Gasteiger partial charge in [-0.2, -0.15) is 0 Å². The Hall–Kier alpha value is -3.95. The number of ether oxygens (including phenoxy) is 2. The maximum Gasteiger partial charge on any atom is 0.357 e. The predicted molar refractivity (Wildman–Crippen MR) is 141 cm³/mol. The Labute approximate surface area is 245 Å². The largest absolute Gasteiger partial charge is 0.490 e. The van der Waals surface area contributed by atoms with Crippen LogP contribution in [0.2, 0.25) is 0 Å². The molecule has 4 aromatic rings. The first-order valence-corrected chi connectivity index (χ1v) is 14.0. The van der Waals surface area contributed by atoms with Crippen LogP contribution >= 0.6 is 11.3 Å². The number of tetrazole rings is 1. The maximum atomic E-state index is 16.4. The molecule has 7 rings (SSSR count). The number of benzene rings is 2. The molecule has 2 heterocycles. The zero-order valence-corrected chi connectivity index (χ0v) is 23.4. The highest BCUT2D eigenvalue weighted by Gasteiger charge is 2.82. The molecule has 0 saturated heterocycles. The molecule has 0 aliphatic heterocycles. The van der Waals surface area contributed by atoms with Gasteiger partial charge in [0.1, 0.15) is 41.4 Å². The van der Waals surface area contributed by atoms with Crippen molar-refractivity contribution in [2.24, 2.45) is 5.41 Å². The Morgan fingerprint density at radius 1 is 1.16 bits per heavy atom. The summed E-state index contributed by atoms with van der Waals surface area (Å²) in [6, 6.07) is 8.95. The Kier molecular flexibility index (Phi) is 7.01. The van der Waals surface area contributed by atoms with E-state index in [0.29, 0.717) is 11.8 Å². The van der Waals surface area contributed by atoms with Gasteiger partial charge in [0, 0.05) is 22.4 Å². The molecule has 2 atom stereocenters. The van der Waals surface area contributed by atoms with E-state index < -0.39 is 58.2 Å². The lowest BCUT2D eigenvalue weighted by molar-refractivity contribution is -0.347. The summed E-state index contributed by atoms with van der Waals surface area (Å²) in [5.41, 5.74) is -5.07. The molecular formula is C28H25F4N5O5S. The molecule has 3 aliphatic carbocycles. The first kappa shape index (κ1) is 29.1. The molecular weight excluding hydrogens is 594 g/mol. The molecule has 10 nitrogen and oxygen atoms in total. The highest BCUT2D eigenvalue weighted by molar-refractivity contribution is 7.09. The SMILES string of the molecule is COC(=O)c1csc(C(O)COc2ccc(C34CC(C(F)(F)C(O)(Cn5cnnn5)c5ccc(F)cc5F)(C3)C4)cc2)n1. The molecule has 226 valence electrons. The van der Waals surface area contributed by atoms with Crippen LogP contribution in [-0.2, 0) is 22.3 Å². The fourth-order valence-corrected chi connectivity index (χ4v) is 7.08. The number of aromatic nitrogens is 5. The molecule has 15 heteroatoms. The van der Waals surface area contributed by atoms with Gasteiger partial charge < -0.3 is 19.7 Å². The lowest BCUT2D eigenvalue weighted by Gasteiger charge is -2.74. The van der Waals surface area contributed by atoms with Crippen LogP contribution in [0.4, 0.5) is 17.6 Å². The van der Waals surface area contributed by atoms with Crippen LogP contribution in [-0.4, -0.2) is 61.0 Å². The van der Waals surface area contributed by atoms with Crippen LogP contribution in [0.15, 0.2) is 54.2 Å². The van der Waals surface area contributed by atoms with E-state index in [2.05, 4.69) is 25.2 Å². The number of halogens is 4. The minimum absolute atomic E-state index is 0.0409. The second-order valence-electron chi connectivity index (χ2n) is 11.1. The summed E-state index contributed by atoms with van der Waals surface area (Å²) in [6.45, 7) is -0.971. The second-order valence-corrected chi connectivity index (χ2v) is 12.0. The molecule has 0 radical (unpaired) electrons. The first-order chi connectivity index (χ1) is 20.4. The Balaban J connectivity index is 1.14. The number of aliphatic hydroxyl groups excluding tert-OH is 1. The van der Waals surface area contributed by atoms with Gasteiger partial charge in [0.15, 0.2) is 11.3 Å². The first-order valence-electron chi connectivity index (χ1n) is 13.1. The van der Waals surface area contributed by atoms with E-state index in [1.54, 1.807) is 24.3 Å². The summed E-state index contributed by atoms with van der Waals surface area (Å²) in [4.78, 5) is 15.6. The summed E-state index contributed by atoms with van der Waals surface area (Å²) >= 11 is 1.09.